The Bertz CT molecular complexity index is 771. The molecule has 1 fully saturated rings. The maximum absolute atomic E-state index is 12.8. The summed E-state index contributed by atoms with van der Waals surface area (Å²) < 4.78 is 5.37. The third kappa shape index (κ3) is 4.09. The lowest BCUT2D eigenvalue weighted by Crippen LogP contribution is -2.45. The number of benzene rings is 1. The van der Waals surface area contributed by atoms with Gasteiger partial charge in [0.15, 0.2) is 0 Å². The third-order valence-electron chi connectivity index (χ3n) is 5.04. The molecule has 3 rings (SSSR count). The molecule has 0 spiro atoms. The first-order chi connectivity index (χ1) is 12.0. The second-order valence-corrected chi connectivity index (χ2v) is 6.76. The number of rotatable bonds is 4. The lowest BCUT2D eigenvalue weighted by Gasteiger charge is -2.32. The van der Waals surface area contributed by atoms with E-state index in [1.54, 1.807) is 18.2 Å². The molecule has 2 aromatic rings. The van der Waals surface area contributed by atoms with Gasteiger partial charge in [-0.15, -0.1) is 12.4 Å². The van der Waals surface area contributed by atoms with Gasteiger partial charge in [0, 0.05) is 37.1 Å². The van der Waals surface area contributed by atoms with Crippen molar-refractivity contribution in [1.82, 2.24) is 9.88 Å². The average molecular weight is 380 g/mol. The van der Waals surface area contributed by atoms with Gasteiger partial charge < -0.3 is 20.5 Å². The molecule has 3 N–H and O–H groups in total. The van der Waals surface area contributed by atoms with Gasteiger partial charge in [-0.25, -0.2) is 0 Å². The molecule has 1 amide bonds. The van der Waals surface area contributed by atoms with E-state index in [0.717, 1.165) is 22.2 Å². The highest BCUT2D eigenvalue weighted by atomic mass is 35.5. The van der Waals surface area contributed by atoms with E-state index in [2.05, 4.69) is 4.98 Å². The van der Waals surface area contributed by atoms with E-state index in [0.29, 0.717) is 25.8 Å². The van der Waals surface area contributed by atoms with E-state index < -0.39 is 6.10 Å². The first-order valence-electron chi connectivity index (χ1n) is 8.60. The van der Waals surface area contributed by atoms with Crippen molar-refractivity contribution in [2.75, 3.05) is 14.2 Å². The standard InChI is InChI=1S/C19H25N3O3.ClH/c1-22(19(24)12-5-7-16(23)15(20)10-12)11-13-6-8-17(25-2)18-14(13)4-3-9-21-18;/h3-4,6,8-9,12,15-16,23H,5,7,10-11,20H2,1-2H3;1H/t12-,15+,16+;/m0./s1. The van der Waals surface area contributed by atoms with Crippen molar-refractivity contribution in [3.8, 4) is 5.75 Å². The molecular weight excluding hydrogens is 354 g/mol. The first-order valence-corrected chi connectivity index (χ1v) is 8.60. The number of hydrogen-bond acceptors (Lipinski definition) is 5. The summed E-state index contributed by atoms with van der Waals surface area (Å²) in [5, 5.41) is 10.7. The number of carbonyl (C=O) groups excluding carboxylic acids is 1. The minimum atomic E-state index is -0.494. The highest BCUT2D eigenvalue weighted by Gasteiger charge is 2.32. The van der Waals surface area contributed by atoms with E-state index in [1.165, 1.54) is 0 Å². The minimum Gasteiger partial charge on any atom is -0.494 e. The molecule has 0 radical (unpaired) electrons. The Kier molecular flexibility index (Phi) is 6.81. The maximum Gasteiger partial charge on any atom is 0.225 e. The van der Waals surface area contributed by atoms with Gasteiger partial charge >= 0.3 is 0 Å². The zero-order valence-electron chi connectivity index (χ0n) is 15.1. The fourth-order valence-corrected chi connectivity index (χ4v) is 3.57. The van der Waals surface area contributed by atoms with Crippen LogP contribution in [0.25, 0.3) is 10.9 Å². The number of pyridine rings is 1. The van der Waals surface area contributed by atoms with Crippen molar-refractivity contribution in [2.45, 2.75) is 38.0 Å². The van der Waals surface area contributed by atoms with E-state index in [1.807, 2.05) is 31.3 Å². The highest BCUT2D eigenvalue weighted by Crippen LogP contribution is 2.29. The van der Waals surface area contributed by atoms with Crippen LogP contribution >= 0.6 is 12.4 Å². The summed E-state index contributed by atoms with van der Waals surface area (Å²) in [4.78, 5) is 18.9. The van der Waals surface area contributed by atoms with Gasteiger partial charge in [-0.05, 0) is 37.0 Å². The van der Waals surface area contributed by atoms with Crippen molar-refractivity contribution in [1.29, 1.82) is 0 Å². The smallest absolute Gasteiger partial charge is 0.225 e. The summed E-state index contributed by atoms with van der Waals surface area (Å²) in [5.41, 5.74) is 7.75. The van der Waals surface area contributed by atoms with Crippen LogP contribution in [0.15, 0.2) is 30.5 Å². The molecule has 1 heterocycles. The van der Waals surface area contributed by atoms with E-state index in [9.17, 15) is 9.90 Å². The molecule has 3 atom stereocenters. The number of aliphatic hydroxyl groups excluding tert-OH is 1. The largest absolute Gasteiger partial charge is 0.494 e. The molecule has 1 aliphatic rings. The number of aliphatic hydroxyl groups is 1. The Hall–Kier alpha value is -1.89. The minimum absolute atomic E-state index is 0. The number of fused-ring (bicyclic) bond motifs is 1. The molecule has 0 unspecified atom stereocenters. The zero-order chi connectivity index (χ0) is 18.0. The van der Waals surface area contributed by atoms with Gasteiger partial charge in [0.2, 0.25) is 5.91 Å². The normalized spacial score (nSPS) is 22.5. The van der Waals surface area contributed by atoms with Crippen LogP contribution in [0.3, 0.4) is 0 Å². The van der Waals surface area contributed by atoms with Gasteiger partial charge in [0.1, 0.15) is 11.3 Å². The monoisotopic (exact) mass is 379 g/mol. The van der Waals surface area contributed by atoms with E-state index >= 15 is 0 Å². The second-order valence-electron chi connectivity index (χ2n) is 6.76. The molecule has 1 aromatic carbocycles. The van der Waals surface area contributed by atoms with Gasteiger partial charge in [0.25, 0.3) is 0 Å². The molecule has 0 bridgehead atoms. The Morgan fingerprint density at radius 1 is 1.38 bits per heavy atom. The van der Waals surface area contributed by atoms with Crippen LogP contribution in [0, 0.1) is 5.92 Å². The Morgan fingerprint density at radius 3 is 2.85 bits per heavy atom. The molecule has 1 saturated carbocycles. The number of carbonyl (C=O) groups is 1. The zero-order valence-corrected chi connectivity index (χ0v) is 15.9. The van der Waals surface area contributed by atoms with Crippen LogP contribution in [-0.4, -0.2) is 47.2 Å². The van der Waals surface area contributed by atoms with Crippen LogP contribution in [0.1, 0.15) is 24.8 Å². The average Bonchev–Trinajstić information content (AvgIpc) is 2.63. The second kappa shape index (κ2) is 8.66. The summed E-state index contributed by atoms with van der Waals surface area (Å²) in [7, 11) is 3.44. The topological polar surface area (TPSA) is 88.7 Å². The Balaban J connectivity index is 0.00000243. The molecule has 0 aliphatic heterocycles. The first kappa shape index (κ1) is 20.4. The van der Waals surface area contributed by atoms with Crippen LogP contribution in [-0.2, 0) is 11.3 Å². The van der Waals surface area contributed by atoms with Crippen molar-refractivity contribution in [3.63, 3.8) is 0 Å². The number of amides is 1. The summed E-state index contributed by atoms with van der Waals surface area (Å²) in [6.07, 6.45) is 3.04. The fraction of sp³-hybridized carbons (Fsp3) is 0.474. The van der Waals surface area contributed by atoms with Gasteiger partial charge in [-0.2, -0.15) is 0 Å². The molecule has 1 aliphatic carbocycles. The number of aromatic nitrogens is 1. The number of hydrogen-bond donors (Lipinski definition) is 2. The van der Waals surface area contributed by atoms with Crippen molar-refractivity contribution < 1.29 is 14.6 Å². The number of methoxy groups -OCH3 is 1. The molecule has 6 nitrogen and oxygen atoms in total. The summed E-state index contributed by atoms with van der Waals surface area (Å²) >= 11 is 0. The summed E-state index contributed by atoms with van der Waals surface area (Å²) in [6.45, 7) is 0.499. The number of nitrogens with zero attached hydrogens (tertiary/aromatic N) is 2. The van der Waals surface area contributed by atoms with Crippen LogP contribution < -0.4 is 10.5 Å². The van der Waals surface area contributed by atoms with Crippen LogP contribution in [0.5, 0.6) is 5.75 Å². The van der Waals surface area contributed by atoms with Gasteiger partial charge in [0.05, 0.1) is 13.2 Å². The van der Waals surface area contributed by atoms with Crippen LogP contribution in [0.2, 0.25) is 0 Å². The molecule has 26 heavy (non-hydrogen) atoms. The lowest BCUT2D eigenvalue weighted by molar-refractivity contribution is -0.136. The van der Waals surface area contributed by atoms with E-state index in [4.69, 9.17) is 10.5 Å². The van der Waals surface area contributed by atoms with Gasteiger partial charge in [-0.1, -0.05) is 12.1 Å². The molecule has 1 aromatic heterocycles. The predicted octanol–water partition coefficient (Wildman–Crippen LogP) is 2.11. The lowest BCUT2D eigenvalue weighted by atomic mass is 9.83. The Morgan fingerprint density at radius 2 is 2.15 bits per heavy atom. The van der Waals surface area contributed by atoms with Gasteiger partial charge in [-0.3, -0.25) is 9.78 Å². The Labute approximate surface area is 159 Å². The SMILES string of the molecule is COc1ccc(CN(C)C(=O)[C@H]2CC[C@@H](O)[C@H](N)C2)c2cccnc12.Cl. The third-order valence-corrected chi connectivity index (χ3v) is 5.04. The predicted molar refractivity (Wildman–Crippen MR) is 103 cm³/mol. The highest BCUT2D eigenvalue weighted by molar-refractivity contribution is 5.88. The van der Waals surface area contributed by atoms with Crippen LogP contribution in [0.4, 0.5) is 0 Å². The number of ether oxygens (including phenoxy) is 1. The fourth-order valence-electron chi connectivity index (χ4n) is 3.57. The summed E-state index contributed by atoms with van der Waals surface area (Å²) in [6, 6.07) is 7.42. The molecular formula is C19H26ClN3O3. The van der Waals surface area contributed by atoms with Crippen molar-refractivity contribution >= 4 is 29.2 Å². The van der Waals surface area contributed by atoms with Crippen molar-refractivity contribution in [2.24, 2.45) is 11.7 Å². The van der Waals surface area contributed by atoms with Crippen molar-refractivity contribution in [3.05, 3.63) is 36.0 Å². The molecule has 7 heteroatoms. The maximum atomic E-state index is 12.8. The number of halogens is 1. The van der Waals surface area contributed by atoms with E-state index in [-0.39, 0.29) is 30.3 Å². The summed E-state index contributed by atoms with van der Waals surface area (Å²) in [5.74, 6) is 0.682. The number of nitrogens with two attached hydrogens (primary N) is 1. The quantitative estimate of drug-likeness (QED) is 0.849. The molecule has 0 saturated heterocycles. The molecule has 142 valence electrons.